The maximum atomic E-state index is 12.0. The van der Waals surface area contributed by atoms with Gasteiger partial charge >= 0.3 is 0 Å². The molecule has 0 spiro atoms. The standard InChI is InChI=1S/C18H15N3O4S/c1-12-17(13-5-3-2-4-6-13)20-18(26-12)19-16(22)11-25-15-9-7-14(8-10-15)21(23)24/h2-10H,11H2,1H3,(H,19,20,22). The van der Waals surface area contributed by atoms with Gasteiger partial charge in [0, 0.05) is 22.6 Å². The average molecular weight is 369 g/mol. The third kappa shape index (κ3) is 4.22. The first kappa shape index (κ1) is 17.6. The lowest BCUT2D eigenvalue weighted by atomic mass is 10.1. The molecule has 0 aliphatic rings. The minimum absolute atomic E-state index is 0.0338. The first-order valence-corrected chi connectivity index (χ1v) is 8.54. The van der Waals surface area contributed by atoms with Crippen molar-refractivity contribution in [3.63, 3.8) is 0 Å². The van der Waals surface area contributed by atoms with Gasteiger partial charge in [-0.25, -0.2) is 4.98 Å². The second-order valence-corrected chi connectivity index (χ2v) is 6.58. The lowest BCUT2D eigenvalue weighted by molar-refractivity contribution is -0.384. The van der Waals surface area contributed by atoms with Gasteiger partial charge in [0.2, 0.25) is 0 Å². The number of nitrogens with one attached hydrogen (secondary N) is 1. The Morgan fingerprint density at radius 2 is 1.88 bits per heavy atom. The molecule has 3 rings (SSSR count). The highest BCUT2D eigenvalue weighted by atomic mass is 32.1. The molecule has 1 aromatic heterocycles. The zero-order valence-electron chi connectivity index (χ0n) is 13.8. The van der Waals surface area contributed by atoms with Crippen molar-refractivity contribution < 1.29 is 14.5 Å². The highest BCUT2D eigenvalue weighted by Gasteiger charge is 2.12. The molecule has 1 N–H and O–H groups in total. The van der Waals surface area contributed by atoms with Crippen molar-refractivity contribution in [2.75, 3.05) is 11.9 Å². The number of hydrogen-bond donors (Lipinski definition) is 1. The fourth-order valence-corrected chi connectivity index (χ4v) is 3.13. The smallest absolute Gasteiger partial charge is 0.269 e. The quantitative estimate of drug-likeness (QED) is 0.523. The van der Waals surface area contributed by atoms with E-state index in [1.165, 1.54) is 35.6 Å². The number of amides is 1. The van der Waals surface area contributed by atoms with Crippen molar-refractivity contribution in [2.45, 2.75) is 6.92 Å². The van der Waals surface area contributed by atoms with E-state index >= 15 is 0 Å². The summed E-state index contributed by atoms with van der Waals surface area (Å²) in [5.74, 6) is 0.0303. The monoisotopic (exact) mass is 369 g/mol. The van der Waals surface area contributed by atoms with E-state index in [1.807, 2.05) is 37.3 Å². The summed E-state index contributed by atoms with van der Waals surface area (Å²) in [6.45, 7) is 1.74. The summed E-state index contributed by atoms with van der Waals surface area (Å²) >= 11 is 1.39. The minimum atomic E-state index is -0.494. The summed E-state index contributed by atoms with van der Waals surface area (Å²) < 4.78 is 5.34. The molecular weight excluding hydrogens is 354 g/mol. The Kier molecular flexibility index (Phi) is 5.23. The van der Waals surface area contributed by atoms with Crippen molar-refractivity contribution in [1.29, 1.82) is 0 Å². The highest BCUT2D eigenvalue weighted by Crippen LogP contribution is 2.30. The van der Waals surface area contributed by atoms with Crippen molar-refractivity contribution in [1.82, 2.24) is 4.98 Å². The fourth-order valence-electron chi connectivity index (χ4n) is 2.28. The number of non-ortho nitro benzene ring substituents is 1. The molecule has 0 saturated carbocycles. The Balaban J connectivity index is 1.59. The van der Waals surface area contributed by atoms with Gasteiger partial charge in [0.05, 0.1) is 10.6 Å². The molecule has 0 unspecified atom stereocenters. The van der Waals surface area contributed by atoms with Crippen molar-refractivity contribution in [3.8, 4) is 17.0 Å². The van der Waals surface area contributed by atoms with Crippen LogP contribution in [-0.2, 0) is 4.79 Å². The van der Waals surface area contributed by atoms with Crippen LogP contribution in [0.2, 0.25) is 0 Å². The van der Waals surface area contributed by atoms with Crippen LogP contribution in [0, 0.1) is 17.0 Å². The SMILES string of the molecule is Cc1sc(NC(=O)COc2ccc([N+](=O)[O-])cc2)nc1-c1ccccc1. The van der Waals surface area contributed by atoms with Gasteiger partial charge in [0.25, 0.3) is 11.6 Å². The Morgan fingerprint density at radius 1 is 1.19 bits per heavy atom. The number of nitro groups is 1. The molecule has 26 heavy (non-hydrogen) atoms. The summed E-state index contributed by atoms with van der Waals surface area (Å²) in [7, 11) is 0. The number of carbonyl (C=O) groups excluding carboxylic acids is 1. The van der Waals surface area contributed by atoms with Crippen molar-refractivity contribution >= 4 is 28.1 Å². The number of ether oxygens (including phenoxy) is 1. The van der Waals surface area contributed by atoms with Crippen LogP contribution in [0.15, 0.2) is 54.6 Å². The van der Waals surface area contributed by atoms with Gasteiger partial charge < -0.3 is 4.74 Å². The Bertz CT molecular complexity index is 923. The van der Waals surface area contributed by atoms with Gasteiger partial charge in [0.15, 0.2) is 11.7 Å². The normalized spacial score (nSPS) is 10.3. The number of aromatic nitrogens is 1. The molecule has 0 radical (unpaired) electrons. The van der Waals surface area contributed by atoms with Gasteiger partial charge in [-0.1, -0.05) is 30.3 Å². The summed E-state index contributed by atoms with van der Waals surface area (Å²) in [6, 6.07) is 15.3. The Morgan fingerprint density at radius 3 is 2.54 bits per heavy atom. The second kappa shape index (κ2) is 7.75. The predicted octanol–water partition coefficient (Wildman–Crippen LogP) is 4.04. The number of nitro benzene ring substituents is 1. The first-order valence-electron chi connectivity index (χ1n) is 7.73. The van der Waals surface area contributed by atoms with E-state index in [0.717, 1.165) is 16.1 Å². The van der Waals surface area contributed by atoms with E-state index in [2.05, 4.69) is 10.3 Å². The molecule has 8 heteroatoms. The third-order valence-corrected chi connectivity index (χ3v) is 4.39. The third-order valence-electron chi connectivity index (χ3n) is 3.51. The van der Waals surface area contributed by atoms with Crippen LogP contribution in [0.1, 0.15) is 4.88 Å². The fraction of sp³-hybridized carbons (Fsp3) is 0.111. The molecule has 0 aliphatic carbocycles. The van der Waals surface area contributed by atoms with E-state index in [1.54, 1.807) is 0 Å². The van der Waals surface area contributed by atoms with Crippen LogP contribution in [0.25, 0.3) is 11.3 Å². The highest BCUT2D eigenvalue weighted by molar-refractivity contribution is 7.16. The zero-order valence-corrected chi connectivity index (χ0v) is 14.7. The topological polar surface area (TPSA) is 94.4 Å². The maximum Gasteiger partial charge on any atom is 0.269 e. The van der Waals surface area contributed by atoms with Crippen LogP contribution in [0.3, 0.4) is 0 Å². The molecular formula is C18H15N3O4S. The molecule has 1 amide bonds. The predicted molar refractivity (Wildman–Crippen MR) is 99.5 cm³/mol. The summed E-state index contributed by atoms with van der Waals surface area (Å²) in [4.78, 5) is 27.6. The molecule has 0 aliphatic heterocycles. The number of anilines is 1. The van der Waals surface area contributed by atoms with Crippen LogP contribution < -0.4 is 10.1 Å². The molecule has 0 bridgehead atoms. The van der Waals surface area contributed by atoms with Crippen LogP contribution in [0.4, 0.5) is 10.8 Å². The van der Waals surface area contributed by atoms with E-state index < -0.39 is 4.92 Å². The van der Waals surface area contributed by atoms with Crippen LogP contribution >= 0.6 is 11.3 Å². The summed E-state index contributed by atoms with van der Waals surface area (Å²) in [5.41, 5.74) is 1.79. The van der Waals surface area contributed by atoms with Gasteiger partial charge in [0.1, 0.15) is 5.75 Å². The first-order chi connectivity index (χ1) is 12.5. The van der Waals surface area contributed by atoms with Gasteiger partial charge in [-0.3, -0.25) is 20.2 Å². The molecule has 0 fully saturated rings. The van der Waals surface area contributed by atoms with Crippen molar-refractivity contribution in [3.05, 3.63) is 69.6 Å². The summed E-state index contributed by atoms with van der Waals surface area (Å²) in [5, 5.41) is 13.8. The number of nitrogens with zero attached hydrogens (tertiary/aromatic N) is 2. The molecule has 0 saturated heterocycles. The van der Waals surface area contributed by atoms with E-state index in [-0.39, 0.29) is 18.2 Å². The lowest BCUT2D eigenvalue weighted by Gasteiger charge is -2.05. The maximum absolute atomic E-state index is 12.0. The lowest BCUT2D eigenvalue weighted by Crippen LogP contribution is -2.20. The van der Waals surface area contributed by atoms with E-state index in [4.69, 9.17) is 4.74 Å². The molecule has 7 nitrogen and oxygen atoms in total. The number of rotatable bonds is 6. The van der Waals surface area contributed by atoms with Gasteiger partial charge in [-0.2, -0.15) is 0 Å². The van der Waals surface area contributed by atoms with Gasteiger partial charge in [-0.15, -0.1) is 11.3 Å². The second-order valence-electron chi connectivity index (χ2n) is 5.38. The number of carbonyl (C=O) groups is 1. The Hall–Kier alpha value is -3.26. The largest absolute Gasteiger partial charge is 0.484 e. The Labute approximate surface area is 153 Å². The zero-order chi connectivity index (χ0) is 18.5. The van der Waals surface area contributed by atoms with Crippen LogP contribution in [0.5, 0.6) is 5.75 Å². The van der Waals surface area contributed by atoms with E-state index in [0.29, 0.717) is 10.9 Å². The number of benzene rings is 2. The number of hydrogen-bond acceptors (Lipinski definition) is 6. The number of aryl methyl sites for hydroxylation is 1. The van der Waals surface area contributed by atoms with E-state index in [9.17, 15) is 14.9 Å². The van der Waals surface area contributed by atoms with Crippen molar-refractivity contribution in [2.24, 2.45) is 0 Å². The van der Waals surface area contributed by atoms with Gasteiger partial charge in [-0.05, 0) is 19.1 Å². The van der Waals surface area contributed by atoms with Crippen LogP contribution in [-0.4, -0.2) is 22.4 Å². The average Bonchev–Trinajstić information content (AvgIpc) is 3.01. The summed E-state index contributed by atoms with van der Waals surface area (Å²) in [6.07, 6.45) is 0. The molecule has 3 aromatic rings. The molecule has 1 heterocycles. The number of thiazole rings is 1. The molecule has 2 aromatic carbocycles. The molecule has 132 valence electrons. The molecule has 0 atom stereocenters. The minimum Gasteiger partial charge on any atom is -0.484 e.